The topological polar surface area (TPSA) is 49.7 Å². The fourth-order valence-electron chi connectivity index (χ4n) is 9.30. The van der Waals surface area contributed by atoms with Crippen molar-refractivity contribution in [2.75, 3.05) is 13.7 Å². The summed E-state index contributed by atoms with van der Waals surface area (Å²) >= 11 is 0. The summed E-state index contributed by atoms with van der Waals surface area (Å²) in [7, 11) is 1.72. The Labute approximate surface area is 191 Å². The molecule has 4 aliphatic carbocycles. The molecule has 0 bridgehead atoms. The summed E-state index contributed by atoms with van der Waals surface area (Å²) < 4.78 is 5.35. The molecule has 0 radical (unpaired) electrons. The fraction of sp³-hybridized carbons (Fsp3) is 1.00. The lowest BCUT2D eigenvalue weighted by atomic mass is 9.48. The van der Waals surface area contributed by atoms with Gasteiger partial charge in [-0.2, -0.15) is 0 Å². The van der Waals surface area contributed by atoms with Crippen molar-refractivity contribution in [2.45, 2.75) is 110 Å². The molecule has 0 spiro atoms. The predicted molar refractivity (Wildman–Crippen MR) is 127 cm³/mol. The molecule has 3 nitrogen and oxygen atoms in total. The van der Waals surface area contributed by atoms with E-state index in [2.05, 4.69) is 27.7 Å². The molecule has 0 saturated heterocycles. The number of aliphatic hydroxyl groups is 2. The second-order valence-electron chi connectivity index (χ2n) is 13.0. The summed E-state index contributed by atoms with van der Waals surface area (Å²) in [6.45, 7) is 9.99. The highest BCUT2D eigenvalue weighted by molar-refractivity contribution is 5.08. The van der Waals surface area contributed by atoms with Gasteiger partial charge in [0.05, 0.1) is 18.3 Å². The molecule has 4 fully saturated rings. The monoisotopic (exact) mass is 434 g/mol. The standard InChI is InChI=1S/C28H50O3/c1-18(2)6-11-26(29)19(3)24-9-10-25-23-8-7-20-16-28(30,17-31-5)15-13-21(20)22(23)12-14-27(24,25)4/h18-26,29-30H,6-17H2,1-5H3/t19-,20-,21-,22+,23+,24+,25-,26+,27+,28-/m0/s1. The molecular formula is C28H50O3. The van der Waals surface area contributed by atoms with E-state index in [-0.39, 0.29) is 6.10 Å². The molecule has 3 heteroatoms. The van der Waals surface area contributed by atoms with Gasteiger partial charge in [0.1, 0.15) is 0 Å². The molecular weight excluding hydrogens is 384 g/mol. The molecule has 4 aliphatic rings. The molecule has 0 aromatic heterocycles. The molecule has 0 amide bonds. The highest BCUT2D eigenvalue weighted by Gasteiger charge is 2.58. The van der Waals surface area contributed by atoms with Crippen LogP contribution in [-0.2, 0) is 4.74 Å². The van der Waals surface area contributed by atoms with E-state index < -0.39 is 5.60 Å². The molecule has 2 N–H and O–H groups in total. The van der Waals surface area contributed by atoms with Crippen molar-refractivity contribution in [2.24, 2.45) is 52.8 Å². The number of hydrogen-bond acceptors (Lipinski definition) is 3. The minimum absolute atomic E-state index is 0.131. The minimum Gasteiger partial charge on any atom is -0.393 e. The minimum atomic E-state index is -0.577. The van der Waals surface area contributed by atoms with Crippen LogP contribution in [0.3, 0.4) is 0 Å². The predicted octanol–water partition coefficient (Wildman–Crippen LogP) is 6.07. The van der Waals surface area contributed by atoms with Gasteiger partial charge in [-0.25, -0.2) is 0 Å². The van der Waals surface area contributed by atoms with Gasteiger partial charge in [-0.15, -0.1) is 0 Å². The van der Waals surface area contributed by atoms with Crippen LogP contribution in [0.5, 0.6) is 0 Å². The second kappa shape index (κ2) is 9.26. The van der Waals surface area contributed by atoms with Crippen molar-refractivity contribution in [3.05, 3.63) is 0 Å². The SMILES string of the molecule is COC[C@]1(O)CC[C@H]2[C@@H](CC[C@@H]3[C@@H]2CC[C@]2(C)[C@@H]([C@H](C)[C@H](O)CCC(C)C)CC[C@@H]32)C1. The van der Waals surface area contributed by atoms with Crippen molar-refractivity contribution in [3.63, 3.8) is 0 Å². The normalized spacial score (nSPS) is 46.8. The highest BCUT2D eigenvalue weighted by atomic mass is 16.5. The molecule has 0 unspecified atom stereocenters. The van der Waals surface area contributed by atoms with Crippen LogP contribution < -0.4 is 0 Å². The lowest BCUT2D eigenvalue weighted by Gasteiger charge is -2.57. The van der Waals surface area contributed by atoms with Crippen LogP contribution in [0.25, 0.3) is 0 Å². The lowest BCUT2D eigenvalue weighted by molar-refractivity contribution is -0.127. The number of hydrogen-bond donors (Lipinski definition) is 2. The number of rotatable bonds is 7. The van der Waals surface area contributed by atoms with Crippen LogP contribution in [0.15, 0.2) is 0 Å². The average Bonchev–Trinajstić information content (AvgIpc) is 3.08. The van der Waals surface area contributed by atoms with Gasteiger partial charge in [0.15, 0.2) is 0 Å². The van der Waals surface area contributed by atoms with E-state index >= 15 is 0 Å². The maximum atomic E-state index is 11.0. The Hall–Kier alpha value is -0.120. The molecule has 0 heterocycles. The van der Waals surface area contributed by atoms with Gasteiger partial charge in [0.2, 0.25) is 0 Å². The molecule has 4 rings (SSSR count). The van der Waals surface area contributed by atoms with E-state index in [0.29, 0.717) is 35.7 Å². The molecule has 0 aromatic rings. The third-order valence-corrected chi connectivity index (χ3v) is 10.9. The van der Waals surface area contributed by atoms with Crippen LogP contribution in [0.2, 0.25) is 0 Å². The summed E-state index contributed by atoms with van der Waals surface area (Å²) in [4.78, 5) is 0. The first-order chi connectivity index (χ1) is 14.7. The van der Waals surface area contributed by atoms with E-state index in [1.54, 1.807) is 7.11 Å². The van der Waals surface area contributed by atoms with Crippen molar-refractivity contribution in [1.29, 1.82) is 0 Å². The van der Waals surface area contributed by atoms with E-state index in [4.69, 9.17) is 4.74 Å². The molecule has 0 aliphatic heterocycles. The Kier molecular flexibility index (Phi) is 7.17. The van der Waals surface area contributed by atoms with Crippen LogP contribution in [0, 0.1) is 52.8 Å². The molecule has 0 aromatic carbocycles. The van der Waals surface area contributed by atoms with Crippen LogP contribution in [0.1, 0.15) is 98.3 Å². The zero-order valence-corrected chi connectivity index (χ0v) is 21.0. The zero-order valence-electron chi connectivity index (χ0n) is 21.0. The number of ether oxygens (including phenoxy) is 1. The fourth-order valence-corrected chi connectivity index (χ4v) is 9.30. The summed E-state index contributed by atoms with van der Waals surface area (Å²) in [5, 5.41) is 22.0. The Morgan fingerprint density at radius 1 is 0.903 bits per heavy atom. The van der Waals surface area contributed by atoms with Crippen LogP contribution >= 0.6 is 0 Å². The first-order valence-corrected chi connectivity index (χ1v) is 13.6. The molecule has 10 atom stereocenters. The number of aliphatic hydroxyl groups excluding tert-OH is 1. The van der Waals surface area contributed by atoms with Gasteiger partial charge < -0.3 is 14.9 Å². The van der Waals surface area contributed by atoms with Gasteiger partial charge in [-0.1, -0.05) is 27.7 Å². The van der Waals surface area contributed by atoms with Gasteiger partial charge in [0, 0.05) is 7.11 Å². The Morgan fingerprint density at radius 2 is 1.65 bits per heavy atom. The summed E-state index contributed by atoms with van der Waals surface area (Å²) in [6, 6.07) is 0. The van der Waals surface area contributed by atoms with Crippen molar-refractivity contribution < 1.29 is 14.9 Å². The van der Waals surface area contributed by atoms with Gasteiger partial charge in [-0.05, 0) is 123 Å². The van der Waals surface area contributed by atoms with Crippen LogP contribution in [-0.4, -0.2) is 35.6 Å². The molecule has 180 valence electrons. The second-order valence-corrected chi connectivity index (χ2v) is 13.0. The van der Waals surface area contributed by atoms with Crippen molar-refractivity contribution in [1.82, 2.24) is 0 Å². The van der Waals surface area contributed by atoms with E-state index in [9.17, 15) is 10.2 Å². The number of methoxy groups -OCH3 is 1. The van der Waals surface area contributed by atoms with Gasteiger partial charge in [-0.3, -0.25) is 0 Å². The Balaban J connectivity index is 1.43. The molecule has 31 heavy (non-hydrogen) atoms. The van der Waals surface area contributed by atoms with Crippen LogP contribution in [0.4, 0.5) is 0 Å². The average molecular weight is 435 g/mol. The first-order valence-electron chi connectivity index (χ1n) is 13.6. The highest BCUT2D eigenvalue weighted by Crippen LogP contribution is 2.66. The quantitative estimate of drug-likeness (QED) is 0.511. The van der Waals surface area contributed by atoms with E-state index in [1.807, 2.05) is 0 Å². The van der Waals surface area contributed by atoms with Gasteiger partial charge >= 0.3 is 0 Å². The maximum Gasteiger partial charge on any atom is 0.0882 e. The van der Waals surface area contributed by atoms with Crippen molar-refractivity contribution in [3.8, 4) is 0 Å². The zero-order chi connectivity index (χ0) is 22.4. The van der Waals surface area contributed by atoms with E-state index in [0.717, 1.165) is 49.4 Å². The number of fused-ring (bicyclic) bond motifs is 5. The smallest absolute Gasteiger partial charge is 0.0882 e. The van der Waals surface area contributed by atoms with Gasteiger partial charge in [0.25, 0.3) is 0 Å². The first kappa shape index (κ1) is 24.0. The molecule has 4 saturated carbocycles. The largest absolute Gasteiger partial charge is 0.393 e. The third-order valence-electron chi connectivity index (χ3n) is 10.9. The summed E-state index contributed by atoms with van der Waals surface area (Å²) in [6.07, 6.45) is 13.2. The third kappa shape index (κ3) is 4.50. The Bertz CT molecular complexity index is 605. The lowest BCUT2D eigenvalue weighted by Crippen LogP contribution is -2.52. The Morgan fingerprint density at radius 3 is 2.35 bits per heavy atom. The maximum absolute atomic E-state index is 11.0. The van der Waals surface area contributed by atoms with Crippen molar-refractivity contribution >= 4 is 0 Å². The van der Waals surface area contributed by atoms with E-state index in [1.165, 1.54) is 44.9 Å². The summed E-state index contributed by atoms with van der Waals surface area (Å²) in [5.41, 5.74) is -0.149. The summed E-state index contributed by atoms with van der Waals surface area (Å²) in [5.74, 6) is 5.95.